The van der Waals surface area contributed by atoms with Gasteiger partial charge in [0.1, 0.15) is 0 Å². The first kappa shape index (κ1) is 10.3. The molecular weight excluding hydrogens is 206 g/mol. The Labute approximate surface area is 93.2 Å². The summed E-state index contributed by atoms with van der Waals surface area (Å²) in [7, 11) is 0. The molecule has 2 heterocycles. The first-order valence-corrected chi connectivity index (χ1v) is 5.72. The first-order chi connectivity index (χ1) is 7.18. The van der Waals surface area contributed by atoms with Crippen molar-refractivity contribution < 1.29 is 5.11 Å². The Morgan fingerprint density at radius 2 is 2.07 bits per heavy atom. The molecule has 1 atom stereocenters. The van der Waals surface area contributed by atoms with Gasteiger partial charge in [0.05, 0.1) is 5.60 Å². The number of hydrogen-bond acceptors (Lipinski definition) is 3. The highest BCUT2D eigenvalue weighted by Gasteiger charge is 2.24. The molecule has 0 fully saturated rings. The second-order valence-electron chi connectivity index (χ2n) is 3.78. The maximum atomic E-state index is 10.3. The molecule has 1 unspecified atom stereocenters. The Hall–Kier alpha value is -1.19. The van der Waals surface area contributed by atoms with E-state index in [0.29, 0.717) is 6.42 Å². The van der Waals surface area contributed by atoms with Gasteiger partial charge >= 0.3 is 0 Å². The smallest absolute Gasteiger partial charge is 0.0999 e. The van der Waals surface area contributed by atoms with Crippen LogP contribution in [0.15, 0.2) is 42.0 Å². The largest absolute Gasteiger partial charge is 0.384 e. The van der Waals surface area contributed by atoms with E-state index in [9.17, 15) is 5.11 Å². The fourth-order valence-electron chi connectivity index (χ4n) is 1.57. The van der Waals surface area contributed by atoms with Gasteiger partial charge in [-0.2, -0.15) is 0 Å². The van der Waals surface area contributed by atoms with Crippen LogP contribution in [0.1, 0.15) is 17.4 Å². The van der Waals surface area contributed by atoms with Gasteiger partial charge in [0.2, 0.25) is 0 Å². The average Bonchev–Trinajstić information content (AvgIpc) is 2.71. The number of nitrogens with zero attached hydrogens (tertiary/aromatic N) is 1. The van der Waals surface area contributed by atoms with Gasteiger partial charge in [0.25, 0.3) is 0 Å². The van der Waals surface area contributed by atoms with E-state index in [0.717, 1.165) is 10.4 Å². The summed E-state index contributed by atoms with van der Waals surface area (Å²) < 4.78 is 0. The molecule has 1 N–H and O–H groups in total. The number of pyridine rings is 1. The Kier molecular flexibility index (Phi) is 2.84. The fourth-order valence-corrected chi connectivity index (χ4v) is 2.36. The van der Waals surface area contributed by atoms with Gasteiger partial charge in [-0.15, -0.1) is 11.3 Å². The van der Waals surface area contributed by atoms with Crippen molar-refractivity contribution in [1.82, 2.24) is 4.98 Å². The van der Waals surface area contributed by atoms with Crippen LogP contribution in [0.3, 0.4) is 0 Å². The minimum atomic E-state index is -0.782. The lowest BCUT2D eigenvalue weighted by Crippen LogP contribution is -2.22. The van der Waals surface area contributed by atoms with E-state index in [1.807, 2.05) is 36.6 Å². The fraction of sp³-hybridized carbons (Fsp3) is 0.250. The molecule has 2 aromatic heterocycles. The van der Waals surface area contributed by atoms with Crippen LogP contribution in [-0.4, -0.2) is 10.1 Å². The molecule has 0 bridgehead atoms. The summed E-state index contributed by atoms with van der Waals surface area (Å²) in [5.74, 6) is 0. The molecule has 0 aliphatic heterocycles. The van der Waals surface area contributed by atoms with Crippen molar-refractivity contribution in [1.29, 1.82) is 0 Å². The van der Waals surface area contributed by atoms with Crippen LogP contribution < -0.4 is 0 Å². The van der Waals surface area contributed by atoms with Crippen molar-refractivity contribution >= 4 is 11.3 Å². The summed E-state index contributed by atoms with van der Waals surface area (Å²) in [6.07, 6.45) is 4.12. The summed E-state index contributed by atoms with van der Waals surface area (Å²) >= 11 is 1.58. The van der Waals surface area contributed by atoms with Crippen LogP contribution in [0.5, 0.6) is 0 Å². The van der Waals surface area contributed by atoms with Crippen LogP contribution in [0.4, 0.5) is 0 Å². The summed E-state index contributed by atoms with van der Waals surface area (Å²) in [5.41, 5.74) is 0.318. The highest BCUT2D eigenvalue weighted by Crippen LogP contribution is 2.28. The quantitative estimate of drug-likeness (QED) is 0.860. The molecule has 0 saturated heterocycles. The maximum Gasteiger partial charge on any atom is 0.0999 e. The van der Waals surface area contributed by atoms with Gasteiger partial charge in [0, 0.05) is 23.7 Å². The van der Waals surface area contributed by atoms with Crippen LogP contribution in [-0.2, 0) is 12.0 Å². The van der Waals surface area contributed by atoms with E-state index in [-0.39, 0.29) is 0 Å². The van der Waals surface area contributed by atoms with Crippen LogP contribution >= 0.6 is 11.3 Å². The monoisotopic (exact) mass is 219 g/mol. The van der Waals surface area contributed by atoms with Crippen molar-refractivity contribution in [2.75, 3.05) is 0 Å². The van der Waals surface area contributed by atoms with Crippen molar-refractivity contribution in [2.24, 2.45) is 0 Å². The van der Waals surface area contributed by atoms with Gasteiger partial charge in [0.15, 0.2) is 0 Å². The van der Waals surface area contributed by atoms with Gasteiger partial charge in [-0.1, -0.05) is 6.07 Å². The molecule has 2 aromatic rings. The van der Waals surface area contributed by atoms with Gasteiger partial charge in [-0.25, -0.2) is 0 Å². The lowest BCUT2D eigenvalue weighted by molar-refractivity contribution is 0.0615. The molecule has 0 amide bonds. The first-order valence-electron chi connectivity index (χ1n) is 4.84. The number of rotatable bonds is 3. The van der Waals surface area contributed by atoms with Gasteiger partial charge in [-0.05, 0) is 36.1 Å². The highest BCUT2D eigenvalue weighted by molar-refractivity contribution is 7.10. The average molecular weight is 219 g/mol. The lowest BCUT2D eigenvalue weighted by atomic mass is 9.96. The third-order valence-corrected chi connectivity index (χ3v) is 3.47. The molecule has 3 heteroatoms. The number of hydrogen-bond donors (Lipinski definition) is 1. The summed E-state index contributed by atoms with van der Waals surface area (Å²) in [5, 5.41) is 12.3. The molecule has 0 spiro atoms. The van der Waals surface area contributed by atoms with E-state index in [1.54, 1.807) is 23.7 Å². The molecular formula is C12H13NOS. The molecule has 2 nitrogen and oxygen atoms in total. The molecule has 0 aliphatic rings. The van der Waals surface area contributed by atoms with Crippen molar-refractivity contribution in [3.8, 4) is 0 Å². The standard InChI is InChI=1S/C12H13NOS/c1-12(14,11-3-2-8-15-11)9-10-4-6-13-7-5-10/h2-8,14H,9H2,1H3. The van der Waals surface area contributed by atoms with Crippen molar-refractivity contribution in [3.63, 3.8) is 0 Å². The van der Waals surface area contributed by atoms with Crippen LogP contribution in [0.25, 0.3) is 0 Å². The van der Waals surface area contributed by atoms with Gasteiger partial charge in [-0.3, -0.25) is 4.98 Å². The Bertz CT molecular complexity index is 408. The van der Waals surface area contributed by atoms with E-state index < -0.39 is 5.60 Å². The second kappa shape index (κ2) is 4.13. The molecule has 2 rings (SSSR count). The summed E-state index contributed by atoms with van der Waals surface area (Å²) in [4.78, 5) is 4.96. The zero-order valence-electron chi connectivity index (χ0n) is 8.55. The number of thiophene rings is 1. The molecule has 0 saturated carbocycles. The van der Waals surface area contributed by atoms with E-state index in [1.165, 1.54) is 0 Å². The Morgan fingerprint density at radius 1 is 1.33 bits per heavy atom. The zero-order chi connectivity index (χ0) is 10.7. The third kappa shape index (κ3) is 2.43. The normalized spacial score (nSPS) is 14.8. The Balaban J connectivity index is 2.18. The van der Waals surface area contributed by atoms with Crippen LogP contribution in [0.2, 0.25) is 0 Å². The van der Waals surface area contributed by atoms with Crippen molar-refractivity contribution in [2.45, 2.75) is 18.9 Å². The lowest BCUT2D eigenvalue weighted by Gasteiger charge is -2.21. The molecule has 0 radical (unpaired) electrons. The van der Waals surface area contributed by atoms with Crippen molar-refractivity contribution in [3.05, 3.63) is 52.5 Å². The minimum Gasteiger partial charge on any atom is -0.384 e. The Morgan fingerprint density at radius 3 is 2.67 bits per heavy atom. The van der Waals surface area contributed by atoms with Gasteiger partial charge < -0.3 is 5.11 Å². The molecule has 0 aromatic carbocycles. The third-order valence-electron chi connectivity index (χ3n) is 2.35. The zero-order valence-corrected chi connectivity index (χ0v) is 9.37. The molecule has 15 heavy (non-hydrogen) atoms. The molecule has 0 aliphatic carbocycles. The predicted octanol–water partition coefficient (Wildman–Crippen LogP) is 2.59. The van der Waals surface area contributed by atoms with E-state index in [4.69, 9.17) is 0 Å². The number of aromatic nitrogens is 1. The molecule has 78 valence electrons. The van der Waals surface area contributed by atoms with Crippen LogP contribution in [0, 0.1) is 0 Å². The van der Waals surface area contributed by atoms with E-state index >= 15 is 0 Å². The predicted molar refractivity (Wildman–Crippen MR) is 61.8 cm³/mol. The summed E-state index contributed by atoms with van der Waals surface area (Å²) in [6.45, 7) is 1.85. The van der Waals surface area contributed by atoms with E-state index in [2.05, 4.69) is 4.98 Å². The minimum absolute atomic E-state index is 0.621. The summed E-state index contributed by atoms with van der Waals surface area (Å²) in [6, 6.07) is 7.79. The maximum absolute atomic E-state index is 10.3. The topological polar surface area (TPSA) is 33.1 Å². The highest BCUT2D eigenvalue weighted by atomic mass is 32.1. The number of aliphatic hydroxyl groups is 1. The second-order valence-corrected chi connectivity index (χ2v) is 4.73. The SMILES string of the molecule is CC(O)(Cc1ccncc1)c1cccs1.